The van der Waals surface area contributed by atoms with Crippen LogP contribution < -0.4 is 10.6 Å². The Bertz CT molecular complexity index is 875. The van der Waals surface area contributed by atoms with Crippen molar-refractivity contribution in [2.24, 2.45) is 0 Å². The Kier molecular flexibility index (Phi) is 6.58. The number of aryl methyl sites for hydroxylation is 1. The van der Waals surface area contributed by atoms with E-state index >= 15 is 0 Å². The summed E-state index contributed by atoms with van der Waals surface area (Å²) >= 11 is 4.43. The molecule has 0 saturated heterocycles. The van der Waals surface area contributed by atoms with Crippen LogP contribution in [0.15, 0.2) is 27.3 Å². The summed E-state index contributed by atoms with van der Waals surface area (Å²) in [6.45, 7) is 3.78. The lowest BCUT2D eigenvalue weighted by Gasteiger charge is -2.10. The van der Waals surface area contributed by atoms with Gasteiger partial charge in [0, 0.05) is 25.4 Å². The summed E-state index contributed by atoms with van der Waals surface area (Å²) in [6.07, 6.45) is 2.78. The molecule has 26 heavy (non-hydrogen) atoms. The molecule has 10 nitrogen and oxygen atoms in total. The Morgan fingerprint density at radius 1 is 1.46 bits per heavy atom. The molecular formula is C14H15BrN6O4S. The van der Waals surface area contributed by atoms with Gasteiger partial charge in [-0.3, -0.25) is 9.59 Å². The second kappa shape index (κ2) is 8.67. The maximum Gasteiger partial charge on any atom is 0.381 e. The largest absolute Gasteiger partial charge is 0.381 e. The van der Waals surface area contributed by atoms with Crippen molar-refractivity contribution in [2.45, 2.75) is 20.4 Å². The lowest BCUT2D eigenvalue weighted by atomic mass is 10.3. The minimum Gasteiger partial charge on any atom is -0.358 e. The second-order valence-electron chi connectivity index (χ2n) is 4.99. The first-order valence-corrected chi connectivity index (χ1v) is 9.04. The molecule has 2 heterocycles. The van der Waals surface area contributed by atoms with Gasteiger partial charge in [0.1, 0.15) is 17.6 Å². The van der Waals surface area contributed by atoms with Gasteiger partial charge in [0.15, 0.2) is 3.92 Å². The number of hydrogen-bond donors (Lipinski definition) is 2. The highest BCUT2D eigenvalue weighted by Crippen LogP contribution is 2.16. The molecule has 2 amide bonds. The van der Waals surface area contributed by atoms with Gasteiger partial charge in [-0.25, -0.2) is 4.98 Å². The fraction of sp³-hybridized carbons (Fsp3) is 0.286. The van der Waals surface area contributed by atoms with E-state index in [1.165, 1.54) is 23.6 Å². The van der Waals surface area contributed by atoms with Crippen LogP contribution in [0.25, 0.3) is 0 Å². The molecule has 0 aliphatic rings. The highest BCUT2D eigenvalue weighted by atomic mass is 79.9. The number of halogens is 1. The van der Waals surface area contributed by atoms with Crippen molar-refractivity contribution in [2.75, 3.05) is 6.54 Å². The van der Waals surface area contributed by atoms with Gasteiger partial charge in [-0.15, -0.1) is 11.3 Å². The van der Waals surface area contributed by atoms with Crippen LogP contribution in [-0.2, 0) is 11.3 Å². The molecular weight excluding hydrogens is 428 g/mol. The molecule has 2 rings (SSSR count). The minimum absolute atomic E-state index is 0.0902. The zero-order valence-electron chi connectivity index (χ0n) is 13.9. The molecule has 12 heteroatoms. The van der Waals surface area contributed by atoms with Gasteiger partial charge >= 0.3 is 5.82 Å². The zero-order chi connectivity index (χ0) is 19.3. The minimum atomic E-state index is -0.577. The first-order chi connectivity index (χ1) is 12.3. The number of allylic oxidation sites excluding steroid dienone is 1. The third-order valence-electron chi connectivity index (χ3n) is 3.28. The number of imidazole rings is 1. The summed E-state index contributed by atoms with van der Waals surface area (Å²) in [6, 6.07) is 0. The third-order valence-corrected chi connectivity index (χ3v) is 4.64. The Morgan fingerprint density at radius 2 is 2.19 bits per heavy atom. The fourth-order valence-electron chi connectivity index (χ4n) is 1.99. The number of nitrogens with zero attached hydrogens (tertiary/aromatic N) is 4. The molecule has 2 N–H and O–H groups in total. The molecule has 0 fully saturated rings. The van der Waals surface area contributed by atoms with E-state index in [0.717, 1.165) is 0 Å². The number of carbonyl (C=O) groups excluding carboxylic acids is 2. The summed E-state index contributed by atoms with van der Waals surface area (Å²) in [5, 5.41) is 17.4. The quantitative estimate of drug-likeness (QED) is 0.381. The topological polar surface area (TPSA) is 132 Å². The van der Waals surface area contributed by atoms with Crippen LogP contribution in [0.5, 0.6) is 0 Å². The van der Waals surface area contributed by atoms with E-state index in [1.807, 2.05) is 0 Å². The molecule has 2 aromatic rings. The van der Waals surface area contributed by atoms with Crippen molar-refractivity contribution in [3.05, 3.63) is 48.9 Å². The van der Waals surface area contributed by atoms with Crippen molar-refractivity contribution in [3.8, 4) is 0 Å². The predicted molar refractivity (Wildman–Crippen MR) is 97.7 cm³/mol. The third kappa shape index (κ3) is 4.95. The van der Waals surface area contributed by atoms with Crippen molar-refractivity contribution in [1.82, 2.24) is 25.2 Å². The summed E-state index contributed by atoms with van der Waals surface area (Å²) < 4.78 is 2.14. The van der Waals surface area contributed by atoms with Gasteiger partial charge in [0.2, 0.25) is 5.82 Å². The normalized spacial score (nSPS) is 11.3. The molecule has 0 spiro atoms. The number of thiazole rings is 1. The number of amides is 2. The summed E-state index contributed by atoms with van der Waals surface area (Å²) in [5.41, 5.74) is 0.294. The standard InChI is InChI=1S/C14H15BrN6O4S/c1-3-9(18-13(23)10-7-26-14(15)19-10)12(22)16-4-5-20-6-11(21(24)25)17-8(20)2/h3,6-7H,4-5H2,1-2H3,(H,16,22)(H,18,23)/b9-3-. The Hall–Kier alpha value is -2.60. The highest BCUT2D eigenvalue weighted by Gasteiger charge is 2.17. The highest BCUT2D eigenvalue weighted by molar-refractivity contribution is 9.11. The van der Waals surface area contributed by atoms with E-state index in [1.54, 1.807) is 23.8 Å². The van der Waals surface area contributed by atoms with Crippen LogP contribution in [0.4, 0.5) is 5.82 Å². The van der Waals surface area contributed by atoms with E-state index in [4.69, 9.17) is 0 Å². The number of nitro groups is 1. The monoisotopic (exact) mass is 442 g/mol. The lowest BCUT2D eigenvalue weighted by Crippen LogP contribution is -2.36. The van der Waals surface area contributed by atoms with Gasteiger partial charge in [-0.2, -0.15) is 0 Å². The van der Waals surface area contributed by atoms with E-state index in [0.29, 0.717) is 16.3 Å². The Labute approximate surface area is 160 Å². The van der Waals surface area contributed by atoms with E-state index < -0.39 is 16.7 Å². The molecule has 0 atom stereocenters. The van der Waals surface area contributed by atoms with Gasteiger partial charge in [0.05, 0.1) is 0 Å². The molecule has 2 aromatic heterocycles. The SMILES string of the molecule is C/C=C(\NC(=O)c1csc(Br)n1)C(=O)NCCn1cc([N+](=O)[O-])nc1C. The maximum atomic E-state index is 12.2. The molecule has 0 aromatic carbocycles. The first kappa shape index (κ1) is 19.7. The van der Waals surface area contributed by atoms with Crippen LogP contribution in [0.2, 0.25) is 0 Å². The number of hydrogen-bond acceptors (Lipinski definition) is 7. The fourth-order valence-corrected chi connectivity index (χ4v) is 2.98. The first-order valence-electron chi connectivity index (χ1n) is 7.37. The average Bonchev–Trinajstić information content (AvgIpc) is 3.18. The Morgan fingerprint density at radius 3 is 2.73 bits per heavy atom. The van der Waals surface area contributed by atoms with E-state index in [2.05, 4.69) is 36.5 Å². The number of rotatable bonds is 7. The molecule has 0 aliphatic heterocycles. The summed E-state index contributed by atoms with van der Waals surface area (Å²) in [4.78, 5) is 42.2. The lowest BCUT2D eigenvalue weighted by molar-refractivity contribution is -0.389. The van der Waals surface area contributed by atoms with Gasteiger partial charge < -0.3 is 25.3 Å². The van der Waals surface area contributed by atoms with Crippen molar-refractivity contribution in [1.29, 1.82) is 0 Å². The van der Waals surface area contributed by atoms with Crippen LogP contribution >= 0.6 is 27.3 Å². The molecule has 0 radical (unpaired) electrons. The number of nitrogens with one attached hydrogen (secondary N) is 2. The predicted octanol–water partition coefficient (Wildman–Crippen LogP) is 1.77. The molecule has 0 saturated carbocycles. The number of carbonyl (C=O) groups is 2. The van der Waals surface area contributed by atoms with Crippen LogP contribution in [-0.4, -0.2) is 37.8 Å². The van der Waals surface area contributed by atoms with Gasteiger partial charge in [-0.1, -0.05) is 6.08 Å². The van der Waals surface area contributed by atoms with Gasteiger partial charge in [-0.05, 0) is 32.8 Å². The molecule has 0 bridgehead atoms. The smallest absolute Gasteiger partial charge is 0.358 e. The van der Waals surface area contributed by atoms with Crippen molar-refractivity contribution >= 4 is 44.9 Å². The summed E-state index contributed by atoms with van der Waals surface area (Å²) in [7, 11) is 0. The van der Waals surface area contributed by atoms with Crippen molar-refractivity contribution in [3.63, 3.8) is 0 Å². The van der Waals surface area contributed by atoms with Crippen LogP contribution in [0.1, 0.15) is 23.2 Å². The second-order valence-corrected chi connectivity index (χ2v) is 7.13. The maximum absolute atomic E-state index is 12.2. The van der Waals surface area contributed by atoms with Crippen molar-refractivity contribution < 1.29 is 14.5 Å². The van der Waals surface area contributed by atoms with E-state index in [9.17, 15) is 19.7 Å². The Balaban J connectivity index is 1.89. The zero-order valence-corrected chi connectivity index (χ0v) is 16.3. The summed E-state index contributed by atoms with van der Waals surface area (Å²) in [5.74, 6) is -0.733. The average molecular weight is 443 g/mol. The van der Waals surface area contributed by atoms with Gasteiger partial charge in [0.25, 0.3) is 11.8 Å². The number of aromatic nitrogens is 3. The van der Waals surface area contributed by atoms with Crippen LogP contribution in [0.3, 0.4) is 0 Å². The molecule has 0 aliphatic carbocycles. The molecule has 0 unspecified atom stereocenters. The van der Waals surface area contributed by atoms with Crippen LogP contribution in [0, 0.1) is 17.0 Å². The van der Waals surface area contributed by atoms with E-state index in [-0.39, 0.29) is 23.8 Å². The molecule has 138 valence electrons.